The fourth-order valence-electron chi connectivity index (χ4n) is 2.60. The molecule has 116 valence electrons. The van der Waals surface area contributed by atoms with Gasteiger partial charge in [0, 0.05) is 16.1 Å². The zero-order valence-electron chi connectivity index (χ0n) is 11.7. The lowest BCUT2D eigenvalue weighted by Gasteiger charge is -2.09. The summed E-state index contributed by atoms with van der Waals surface area (Å²) >= 11 is 11.5. The number of hydrogen-bond donors (Lipinski definition) is 1. The number of halogens is 2. The average Bonchev–Trinajstić information content (AvgIpc) is 3.09. The summed E-state index contributed by atoms with van der Waals surface area (Å²) in [5.41, 5.74) is 2.65. The standard InChI is InChI=1S/C15H10BrClN4OS/c16-11-5-9-14(8-3-1-2-4-10(8)17)18-6-12-19-20-13(7-22)21(12)15(9)23-11/h1-5,22H,6-7H2. The Labute approximate surface area is 149 Å². The molecule has 0 radical (unpaired) electrons. The van der Waals surface area contributed by atoms with Gasteiger partial charge in [0.25, 0.3) is 0 Å². The minimum absolute atomic E-state index is 0.177. The molecule has 3 aromatic rings. The minimum Gasteiger partial charge on any atom is -0.388 e. The molecule has 0 saturated heterocycles. The van der Waals surface area contributed by atoms with E-state index in [2.05, 4.69) is 26.1 Å². The molecule has 0 fully saturated rings. The topological polar surface area (TPSA) is 63.3 Å². The van der Waals surface area contributed by atoms with Crippen LogP contribution in [0.4, 0.5) is 0 Å². The summed E-state index contributed by atoms with van der Waals surface area (Å²) in [6.45, 7) is 0.204. The first-order chi connectivity index (χ1) is 11.2. The molecule has 8 heteroatoms. The average molecular weight is 410 g/mol. The van der Waals surface area contributed by atoms with E-state index >= 15 is 0 Å². The Morgan fingerprint density at radius 3 is 2.87 bits per heavy atom. The van der Waals surface area contributed by atoms with Crippen molar-refractivity contribution < 1.29 is 5.11 Å². The molecule has 2 aromatic heterocycles. The highest BCUT2D eigenvalue weighted by Gasteiger charge is 2.25. The number of nitrogens with zero attached hydrogens (tertiary/aromatic N) is 4. The van der Waals surface area contributed by atoms with E-state index in [0.29, 0.717) is 23.2 Å². The molecule has 1 aromatic carbocycles. The summed E-state index contributed by atoms with van der Waals surface area (Å²) in [7, 11) is 0. The highest BCUT2D eigenvalue weighted by Crippen LogP contribution is 2.36. The van der Waals surface area contributed by atoms with Crippen LogP contribution in [0.5, 0.6) is 0 Å². The lowest BCUT2D eigenvalue weighted by molar-refractivity contribution is 0.269. The van der Waals surface area contributed by atoms with Crippen LogP contribution in [0.3, 0.4) is 0 Å². The molecule has 23 heavy (non-hydrogen) atoms. The van der Waals surface area contributed by atoms with E-state index < -0.39 is 0 Å². The first-order valence-electron chi connectivity index (χ1n) is 6.82. The Kier molecular flexibility index (Phi) is 3.81. The molecule has 1 aliphatic rings. The third kappa shape index (κ3) is 2.44. The second-order valence-electron chi connectivity index (χ2n) is 4.94. The van der Waals surface area contributed by atoms with Gasteiger partial charge in [-0.05, 0) is 28.1 Å². The Morgan fingerprint density at radius 1 is 1.26 bits per heavy atom. The van der Waals surface area contributed by atoms with Crippen molar-refractivity contribution in [2.75, 3.05) is 0 Å². The highest BCUT2D eigenvalue weighted by molar-refractivity contribution is 9.11. The number of aromatic nitrogens is 3. The predicted octanol–water partition coefficient (Wildman–Crippen LogP) is 3.59. The zero-order valence-corrected chi connectivity index (χ0v) is 14.9. The number of fused-ring (bicyclic) bond motifs is 3. The first kappa shape index (κ1) is 15.0. The third-order valence-corrected chi connectivity index (χ3v) is 5.54. The molecule has 4 rings (SSSR count). The van der Waals surface area contributed by atoms with Gasteiger partial charge in [0.15, 0.2) is 11.6 Å². The van der Waals surface area contributed by atoms with Gasteiger partial charge in [-0.25, -0.2) is 0 Å². The number of rotatable bonds is 2. The molecule has 0 atom stereocenters. The van der Waals surface area contributed by atoms with Crippen molar-refractivity contribution in [3.8, 4) is 5.00 Å². The molecule has 1 N–H and O–H groups in total. The Bertz CT molecular complexity index is 933. The van der Waals surface area contributed by atoms with Gasteiger partial charge >= 0.3 is 0 Å². The molecule has 0 saturated carbocycles. The summed E-state index contributed by atoms with van der Waals surface area (Å²) in [5, 5.41) is 19.3. The maximum absolute atomic E-state index is 9.54. The summed E-state index contributed by atoms with van der Waals surface area (Å²) in [6.07, 6.45) is 0. The van der Waals surface area contributed by atoms with Gasteiger partial charge in [-0.1, -0.05) is 29.8 Å². The van der Waals surface area contributed by atoms with Crippen molar-refractivity contribution in [3.05, 3.63) is 61.9 Å². The fourth-order valence-corrected chi connectivity index (χ4v) is 4.44. The highest BCUT2D eigenvalue weighted by atomic mass is 79.9. The van der Waals surface area contributed by atoms with Crippen molar-refractivity contribution >= 4 is 44.6 Å². The Hall–Kier alpha value is -1.54. The van der Waals surface area contributed by atoms with Gasteiger partial charge in [-0.3, -0.25) is 9.56 Å². The number of aliphatic hydroxyl groups is 1. The molecule has 1 aliphatic heterocycles. The second-order valence-corrected chi connectivity index (χ2v) is 7.76. The van der Waals surface area contributed by atoms with Crippen molar-refractivity contribution in [3.63, 3.8) is 0 Å². The lowest BCUT2D eigenvalue weighted by atomic mass is 10.0. The Balaban J connectivity index is 1.98. The maximum atomic E-state index is 9.54. The van der Waals surface area contributed by atoms with Gasteiger partial charge in [-0.15, -0.1) is 21.5 Å². The van der Waals surface area contributed by atoms with Gasteiger partial charge in [0.2, 0.25) is 0 Å². The van der Waals surface area contributed by atoms with E-state index in [1.165, 1.54) is 0 Å². The van der Waals surface area contributed by atoms with Gasteiger partial charge in [0.05, 0.1) is 9.50 Å². The first-order valence-corrected chi connectivity index (χ1v) is 8.81. The molecule has 0 unspecified atom stereocenters. The van der Waals surface area contributed by atoms with Crippen LogP contribution >= 0.6 is 38.9 Å². The summed E-state index contributed by atoms with van der Waals surface area (Å²) in [5.74, 6) is 1.21. The second kappa shape index (κ2) is 5.83. The molecule has 0 bridgehead atoms. The van der Waals surface area contributed by atoms with Crippen LogP contribution in [0.1, 0.15) is 22.8 Å². The lowest BCUT2D eigenvalue weighted by Crippen LogP contribution is -2.07. The van der Waals surface area contributed by atoms with Crippen LogP contribution in [0.25, 0.3) is 5.00 Å². The summed E-state index contributed by atoms with van der Waals surface area (Å²) < 4.78 is 2.84. The fraction of sp³-hybridized carbons (Fsp3) is 0.133. The molecule has 0 amide bonds. The predicted molar refractivity (Wildman–Crippen MR) is 93.7 cm³/mol. The van der Waals surface area contributed by atoms with Gasteiger partial charge < -0.3 is 5.11 Å². The molecule has 3 heterocycles. The van der Waals surface area contributed by atoms with Crippen LogP contribution in [0, 0.1) is 0 Å². The van der Waals surface area contributed by atoms with Crippen LogP contribution < -0.4 is 0 Å². The number of aliphatic imine (C=N–C) groups is 1. The van der Waals surface area contributed by atoms with Crippen molar-refractivity contribution in [1.82, 2.24) is 14.8 Å². The van der Waals surface area contributed by atoms with E-state index in [4.69, 9.17) is 16.6 Å². The molecule has 0 aliphatic carbocycles. The third-order valence-electron chi connectivity index (χ3n) is 3.59. The number of aliphatic hydroxyl groups excluding tert-OH is 1. The Morgan fingerprint density at radius 2 is 2.09 bits per heavy atom. The SMILES string of the molecule is OCc1nnc2n1-c1sc(Br)cc1C(c1ccccc1Cl)=NC2. The van der Waals surface area contributed by atoms with Crippen LogP contribution in [0.2, 0.25) is 5.02 Å². The molecule has 5 nitrogen and oxygen atoms in total. The normalized spacial score (nSPS) is 13.3. The van der Waals surface area contributed by atoms with Crippen LogP contribution in [0.15, 0.2) is 39.1 Å². The number of hydrogen-bond acceptors (Lipinski definition) is 5. The van der Waals surface area contributed by atoms with E-state index in [1.807, 2.05) is 34.9 Å². The number of benzene rings is 1. The minimum atomic E-state index is -0.177. The van der Waals surface area contributed by atoms with E-state index in [-0.39, 0.29) is 6.61 Å². The van der Waals surface area contributed by atoms with E-state index in [0.717, 1.165) is 25.6 Å². The van der Waals surface area contributed by atoms with E-state index in [9.17, 15) is 5.11 Å². The van der Waals surface area contributed by atoms with Crippen LogP contribution in [-0.4, -0.2) is 25.6 Å². The smallest absolute Gasteiger partial charge is 0.164 e. The van der Waals surface area contributed by atoms with Crippen molar-refractivity contribution in [2.45, 2.75) is 13.2 Å². The monoisotopic (exact) mass is 408 g/mol. The van der Waals surface area contributed by atoms with Crippen molar-refractivity contribution in [2.24, 2.45) is 4.99 Å². The van der Waals surface area contributed by atoms with Crippen LogP contribution in [-0.2, 0) is 13.2 Å². The number of thiophene rings is 1. The zero-order chi connectivity index (χ0) is 16.0. The largest absolute Gasteiger partial charge is 0.388 e. The summed E-state index contributed by atoms with van der Waals surface area (Å²) in [6, 6.07) is 9.65. The quantitative estimate of drug-likeness (QED) is 0.703. The van der Waals surface area contributed by atoms with Gasteiger partial charge in [-0.2, -0.15) is 0 Å². The summed E-state index contributed by atoms with van der Waals surface area (Å²) in [4.78, 5) is 4.71. The molecule has 0 spiro atoms. The van der Waals surface area contributed by atoms with Gasteiger partial charge in [0.1, 0.15) is 18.2 Å². The maximum Gasteiger partial charge on any atom is 0.164 e. The molecular weight excluding hydrogens is 400 g/mol. The van der Waals surface area contributed by atoms with Crippen molar-refractivity contribution in [1.29, 1.82) is 0 Å². The van der Waals surface area contributed by atoms with E-state index in [1.54, 1.807) is 11.3 Å². The molecular formula is C15H10BrClN4OS.